The zero-order chi connectivity index (χ0) is 14.7. The summed E-state index contributed by atoms with van der Waals surface area (Å²) in [5.74, 6) is 0. The lowest BCUT2D eigenvalue weighted by atomic mass is 10.2. The lowest BCUT2D eigenvalue weighted by molar-refractivity contribution is 0.574. The number of thiocarbonyl (C=S) groups is 1. The summed E-state index contributed by atoms with van der Waals surface area (Å²) in [6.45, 7) is 2.06. The van der Waals surface area contributed by atoms with Gasteiger partial charge in [-0.3, -0.25) is 5.43 Å². The molecule has 106 valence electrons. The number of nitrogens with zero attached hydrogens (tertiary/aromatic N) is 1. The summed E-state index contributed by atoms with van der Waals surface area (Å²) in [6.07, 6.45) is 4.03. The summed E-state index contributed by atoms with van der Waals surface area (Å²) in [7, 11) is 0. The quantitative estimate of drug-likeness (QED) is 0.640. The lowest BCUT2D eigenvalue weighted by Gasteiger charge is -2.25. The van der Waals surface area contributed by atoms with E-state index >= 15 is 0 Å². The smallest absolute Gasteiger partial charge is 0.190 e. The minimum Gasteiger partial charge on any atom is -0.331 e. The number of aryl methyl sites for hydroxylation is 1. The molecule has 0 radical (unpaired) electrons. The highest BCUT2D eigenvalue weighted by atomic mass is 32.2. The van der Waals surface area contributed by atoms with Crippen molar-refractivity contribution >= 4 is 41.0 Å². The Kier molecular flexibility index (Phi) is 4.13. The van der Waals surface area contributed by atoms with E-state index in [4.69, 9.17) is 12.2 Å². The van der Waals surface area contributed by atoms with E-state index in [1.54, 1.807) is 11.9 Å². The number of hydrogen-bond donors (Lipinski definition) is 2. The average molecular weight is 313 g/mol. The van der Waals surface area contributed by atoms with Crippen LogP contribution in [0.2, 0.25) is 0 Å². The molecular formula is C16H15N3S2. The van der Waals surface area contributed by atoms with Crippen LogP contribution >= 0.6 is 24.2 Å². The molecule has 0 unspecified atom stereocenters. The minimum atomic E-state index is 0.565. The summed E-state index contributed by atoms with van der Waals surface area (Å²) in [4.78, 5) is 1.20. The van der Waals surface area contributed by atoms with Crippen molar-refractivity contribution < 1.29 is 0 Å². The Labute approximate surface area is 134 Å². The monoisotopic (exact) mass is 313 g/mol. The standard InChI is InChI=1S/C16H15N3S2/c1-12-6-8-14(9-7-12)17-16(20)18-19-11-10-13-4-2-3-5-15(13)21-19/h2-11H,1H3,(H2,17,18,20). The van der Waals surface area contributed by atoms with Gasteiger partial charge in [0.25, 0.3) is 0 Å². The van der Waals surface area contributed by atoms with Crippen LogP contribution in [-0.2, 0) is 0 Å². The topological polar surface area (TPSA) is 27.3 Å². The zero-order valence-corrected chi connectivity index (χ0v) is 13.2. The fraction of sp³-hybridized carbons (Fsp3) is 0.0625. The molecule has 0 aliphatic carbocycles. The minimum absolute atomic E-state index is 0.565. The van der Waals surface area contributed by atoms with Gasteiger partial charge >= 0.3 is 0 Å². The molecular weight excluding hydrogens is 298 g/mol. The van der Waals surface area contributed by atoms with E-state index < -0.39 is 0 Å². The molecule has 0 atom stereocenters. The summed E-state index contributed by atoms with van der Waals surface area (Å²) in [6, 6.07) is 16.4. The third-order valence-electron chi connectivity index (χ3n) is 3.03. The van der Waals surface area contributed by atoms with Crippen molar-refractivity contribution in [2.24, 2.45) is 0 Å². The molecule has 1 aliphatic heterocycles. The molecule has 3 rings (SSSR count). The summed E-state index contributed by atoms with van der Waals surface area (Å²) >= 11 is 6.94. The van der Waals surface area contributed by atoms with Gasteiger partial charge in [-0.05, 0) is 49.0 Å². The van der Waals surface area contributed by atoms with Crippen molar-refractivity contribution in [2.75, 3.05) is 5.32 Å². The second-order valence-corrected chi connectivity index (χ2v) is 6.13. The third kappa shape index (κ3) is 3.56. The molecule has 2 aromatic rings. The van der Waals surface area contributed by atoms with Gasteiger partial charge < -0.3 is 5.32 Å². The molecule has 0 fully saturated rings. The molecule has 2 aromatic carbocycles. The molecule has 0 bridgehead atoms. The van der Waals surface area contributed by atoms with Crippen LogP contribution in [0.4, 0.5) is 5.69 Å². The van der Waals surface area contributed by atoms with Crippen molar-refractivity contribution in [2.45, 2.75) is 11.8 Å². The highest BCUT2D eigenvalue weighted by Gasteiger charge is 2.11. The second-order valence-electron chi connectivity index (χ2n) is 4.70. The molecule has 21 heavy (non-hydrogen) atoms. The van der Waals surface area contributed by atoms with Gasteiger partial charge in [0.15, 0.2) is 5.11 Å². The van der Waals surface area contributed by atoms with Gasteiger partial charge in [0, 0.05) is 28.7 Å². The van der Waals surface area contributed by atoms with E-state index in [1.165, 1.54) is 16.0 Å². The molecule has 0 spiro atoms. The summed E-state index contributed by atoms with van der Waals surface area (Å²) in [5, 5.41) is 3.74. The molecule has 0 aromatic heterocycles. The average Bonchev–Trinajstić information content (AvgIpc) is 2.49. The Morgan fingerprint density at radius 3 is 2.67 bits per heavy atom. The van der Waals surface area contributed by atoms with Gasteiger partial charge in [-0.25, -0.2) is 4.41 Å². The fourth-order valence-electron chi connectivity index (χ4n) is 1.94. The molecule has 5 heteroatoms. The SMILES string of the molecule is Cc1ccc(NC(=S)NN2C=Cc3ccccc3S2)cc1. The lowest BCUT2D eigenvalue weighted by Crippen LogP contribution is -2.37. The maximum absolute atomic E-state index is 5.34. The normalized spacial score (nSPS) is 12.7. The van der Waals surface area contributed by atoms with Crippen molar-refractivity contribution in [1.82, 2.24) is 9.84 Å². The van der Waals surface area contributed by atoms with Crippen LogP contribution in [0, 0.1) is 6.92 Å². The highest BCUT2D eigenvalue weighted by molar-refractivity contribution is 7.97. The summed E-state index contributed by atoms with van der Waals surface area (Å²) in [5.41, 5.74) is 6.58. The fourth-order valence-corrected chi connectivity index (χ4v) is 3.07. The van der Waals surface area contributed by atoms with Crippen LogP contribution in [0.25, 0.3) is 6.08 Å². The van der Waals surface area contributed by atoms with E-state index in [0.717, 1.165) is 5.69 Å². The van der Waals surface area contributed by atoms with Crippen LogP contribution < -0.4 is 10.7 Å². The number of anilines is 1. The Bertz CT molecular complexity index is 680. The van der Waals surface area contributed by atoms with Gasteiger partial charge in [0.1, 0.15) is 0 Å². The maximum atomic E-state index is 5.34. The molecule has 0 saturated carbocycles. The number of fused-ring (bicyclic) bond motifs is 1. The van der Waals surface area contributed by atoms with Crippen molar-refractivity contribution in [1.29, 1.82) is 0 Å². The molecule has 1 aliphatic rings. The predicted octanol–water partition coefficient (Wildman–Crippen LogP) is 4.19. The first kappa shape index (κ1) is 14.0. The van der Waals surface area contributed by atoms with Gasteiger partial charge in [-0.1, -0.05) is 35.9 Å². The number of rotatable bonds is 2. The van der Waals surface area contributed by atoms with Crippen LogP contribution in [0.3, 0.4) is 0 Å². The Hall–Kier alpha value is -1.98. The molecule has 3 nitrogen and oxygen atoms in total. The maximum Gasteiger partial charge on any atom is 0.190 e. The number of benzene rings is 2. The van der Waals surface area contributed by atoms with Crippen LogP contribution in [0.1, 0.15) is 11.1 Å². The van der Waals surface area contributed by atoms with Crippen LogP contribution in [0.15, 0.2) is 59.6 Å². The molecule has 2 N–H and O–H groups in total. The van der Waals surface area contributed by atoms with Crippen LogP contribution in [0.5, 0.6) is 0 Å². The number of hydrazine groups is 1. The largest absolute Gasteiger partial charge is 0.331 e. The van der Waals surface area contributed by atoms with Crippen molar-refractivity contribution in [3.05, 3.63) is 65.9 Å². The Balaban J connectivity index is 1.60. The van der Waals surface area contributed by atoms with E-state index in [1.807, 2.05) is 34.9 Å². The first-order valence-corrected chi connectivity index (χ1v) is 7.77. The van der Waals surface area contributed by atoms with Gasteiger partial charge in [-0.2, -0.15) is 0 Å². The predicted molar refractivity (Wildman–Crippen MR) is 93.7 cm³/mol. The van der Waals surface area contributed by atoms with Gasteiger partial charge in [0.2, 0.25) is 0 Å². The molecule has 0 saturated heterocycles. The molecule has 1 heterocycles. The van der Waals surface area contributed by atoms with Crippen molar-refractivity contribution in [3.63, 3.8) is 0 Å². The van der Waals surface area contributed by atoms with E-state index in [9.17, 15) is 0 Å². The van der Waals surface area contributed by atoms with Gasteiger partial charge in [-0.15, -0.1) is 0 Å². The first-order chi connectivity index (χ1) is 10.2. The highest BCUT2D eigenvalue weighted by Crippen LogP contribution is 2.30. The Morgan fingerprint density at radius 2 is 1.86 bits per heavy atom. The first-order valence-electron chi connectivity index (χ1n) is 6.59. The van der Waals surface area contributed by atoms with E-state index in [-0.39, 0.29) is 0 Å². The second kappa shape index (κ2) is 6.20. The Morgan fingerprint density at radius 1 is 1.10 bits per heavy atom. The van der Waals surface area contributed by atoms with Crippen molar-refractivity contribution in [3.8, 4) is 0 Å². The van der Waals surface area contributed by atoms with E-state index in [2.05, 4.69) is 48.0 Å². The summed E-state index contributed by atoms with van der Waals surface area (Å²) < 4.78 is 1.89. The van der Waals surface area contributed by atoms with Gasteiger partial charge in [0.05, 0.1) is 0 Å². The molecule has 0 amide bonds. The number of nitrogens with one attached hydrogen (secondary N) is 2. The zero-order valence-electron chi connectivity index (χ0n) is 11.5. The number of hydrogen-bond acceptors (Lipinski definition) is 3. The third-order valence-corrected chi connectivity index (χ3v) is 4.20. The van der Waals surface area contributed by atoms with E-state index in [0.29, 0.717) is 5.11 Å². The van der Waals surface area contributed by atoms with Crippen LogP contribution in [-0.4, -0.2) is 9.53 Å².